The van der Waals surface area contributed by atoms with Crippen LogP contribution in [0.2, 0.25) is 0 Å². The Morgan fingerprint density at radius 1 is 1.16 bits per heavy atom. The molecule has 0 aliphatic heterocycles. The summed E-state index contributed by atoms with van der Waals surface area (Å²) in [6, 6.07) is 11.2. The summed E-state index contributed by atoms with van der Waals surface area (Å²) >= 11 is 2.50. The third-order valence-corrected chi connectivity index (χ3v) is 8.55. The van der Waals surface area contributed by atoms with Crippen LogP contribution in [0.15, 0.2) is 62.2 Å². The first-order chi connectivity index (χ1) is 15.3. The van der Waals surface area contributed by atoms with Gasteiger partial charge in [0.2, 0.25) is 0 Å². The van der Waals surface area contributed by atoms with Gasteiger partial charge in [-0.2, -0.15) is 0 Å². The van der Waals surface area contributed by atoms with E-state index in [0.29, 0.717) is 27.5 Å². The topological polar surface area (TPSA) is 111 Å². The number of amides is 1. The van der Waals surface area contributed by atoms with Crippen molar-refractivity contribution in [2.24, 2.45) is 0 Å². The first-order valence-corrected chi connectivity index (χ1v) is 12.5. The molecule has 3 aromatic heterocycles. The van der Waals surface area contributed by atoms with Crippen LogP contribution in [0.25, 0.3) is 10.2 Å². The Morgan fingerprint density at radius 2 is 1.91 bits per heavy atom. The van der Waals surface area contributed by atoms with Crippen LogP contribution >= 0.6 is 22.7 Å². The van der Waals surface area contributed by atoms with Crippen LogP contribution in [-0.2, 0) is 14.8 Å². The molecular weight excluding hydrogens is 472 g/mol. The number of nitrogens with zero attached hydrogens (tertiary/aromatic N) is 3. The van der Waals surface area contributed by atoms with Gasteiger partial charge in [0.15, 0.2) is 6.61 Å². The van der Waals surface area contributed by atoms with E-state index in [1.54, 1.807) is 60.1 Å². The highest BCUT2D eigenvalue weighted by molar-refractivity contribution is 7.94. The second-order valence-electron chi connectivity index (χ2n) is 6.66. The molecule has 1 N–H and O–H groups in total. The quantitative estimate of drug-likeness (QED) is 0.427. The van der Waals surface area contributed by atoms with Gasteiger partial charge in [0.05, 0.1) is 11.1 Å². The molecule has 0 atom stereocenters. The van der Waals surface area contributed by atoms with Crippen molar-refractivity contribution in [3.63, 3.8) is 0 Å². The average Bonchev–Trinajstić information content (AvgIpc) is 3.47. The van der Waals surface area contributed by atoms with Crippen molar-refractivity contribution in [1.29, 1.82) is 0 Å². The Labute approximate surface area is 191 Å². The summed E-state index contributed by atoms with van der Waals surface area (Å²) in [6.07, 6.45) is 0. The molecule has 9 nitrogen and oxygen atoms in total. The molecule has 166 valence electrons. The zero-order valence-corrected chi connectivity index (χ0v) is 19.5. The van der Waals surface area contributed by atoms with Gasteiger partial charge in [0, 0.05) is 7.05 Å². The van der Waals surface area contributed by atoms with Gasteiger partial charge in [0.1, 0.15) is 20.6 Å². The molecule has 0 fully saturated rings. The first kappa shape index (κ1) is 22.0. The largest absolute Gasteiger partial charge is 0.484 e. The number of carbonyl (C=O) groups excluding carboxylic acids is 1. The predicted molar refractivity (Wildman–Crippen MR) is 125 cm³/mol. The standard InChI is InChI=1S/C20H18N4O5S3/c1-13-21-19-16(9-11-31-19)20(26)24(13)22-17(25)12-29-15-7-5-14(6-8-15)23(2)32(27,28)18-4-3-10-30-18/h3-11H,12H2,1-2H3,(H,22,25). The zero-order valence-electron chi connectivity index (χ0n) is 17.0. The summed E-state index contributed by atoms with van der Waals surface area (Å²) in [4.78, 5) is 29.7. The van der Waals surface area contributed by atoms with Crippen molar-refractivity contribution in [1.82, 2.24) is 9.66 Å². The number of rotatable bonds is 7. The van der Waals surface area contributed by atoms with Crippen LogP contribution in [0.1, 0.15) is 5.82 Å². The van der Waals surface area contributed by atoms with E-state index < -0.39 is 15.9 Å². The molecule has 4 aromatic rings. The van der Waals surface area contributed by atoms with Gasteiger partial charge >= 0.3 is 0 Å². The van der Waals surface area contributed by atoms with Gasteiger partial charge in [-0.1, -0.05) is 6.07 Å². The number of nitrogens with one attached hydrogen (secondary N) is 1. The highest BCUT2D eigenvalue weighted by Gasteiger charge is 2.22. The molecule has 0 unspecified atom stereocenters. The SMILES string of the molecule is Cc1nc2sccc2c(=O)n1NC(=O)COc1ccc(N(C)S(=O)(=O)c2cccs2)cc1. The molecule has 12 heteroatoms. The Balaban J connectivity index is 1.40. The molecular formula is C20H18N4O5S3. The second-order valence-corrected chi connectivity index (χ2v) is 10.7. The molecule has 0 saturated carbocycles. The average molecular weight is 491 g/mol. The maximum Gasteiger partial charge on any atom is 0.281 e. The predicted octanol–water partition coefficient (Wildman–Crippen LogP) is 2.80. The Bertz CT molecular complexity index is 1420. The minimum Gasteiger partial charge on any atom is -0.484 e. The molecule has 0 saturated heterocycles. The highest BCUT2D eigenvalue weighted by Crippen LogP contribution is 2.26. The number of ether oxygens (including phenoxy) is 1. The summed E-state index contributed by atoms with van der Waals surface area (Å²) in [5.41, 5.74) is 2.58. The number of fused-ring (bicyclic) bond motifs is 1. The monoisotopic (exact) mass is 490 g/mol. The van der Waals surface area contributed by atoms with E-state index in [1.807, 2.05) is 0 Å². The van der Waals surface area contributed by atoms with Gasteiger partial charge in [-0.05, 0) is 54.1 Å². The normalized spacial score (nSPS) is 11.4. The minimum atomic E-state index is -3.63. The van der Waals surface area contributed by atoms with Gasteiger partial charge in [0.25, 0.3) is 21.5 Å². The van der Waals surface area contributed by atoms with Gasteiger partial charge in [-0.15, -0.1) is 22.7 Å². The third kappa shape index (κ3) is 4.24. The van der Waals surface area contributed by atoms with E-state index in [1.165, 1.54) is 22.7 Å². The van der Waals surface area contributed by atoms with Crippen LogP contribution in [0, 0.1) is 6.92 Å². The fourth-order valence-electron chi connectivity index (χ4n) is 2.89. The smallest absolute Gasteiger partial charge is 0.281 e. The van der Waals surface area contributed by atoms with E-state index in [9.17, 15) is 18.0 Å². The van der Waals surface area contributed by atoms with Gasteiger partial charge < -0.3 is 4.74 Å². The lowest BCUT2D eigenvalue weighted by molar-refractivity contribution is -0.119. The maximum absolute atomic E-state index is 12.6. The van der Waals surface area contributed by atoms with Crippen molar-refractivity contribution in [2.45, 2.75) is 11.1 Å². The number of benzene rings is 1. The molecule has 0 radical (unpaired) electrons. The number of hydrogen-bond donors (Lipinski definition) is 1. The van der Waals surface area contributed by atoms with Crippen LogP contribution in [0.5, 0.6) is 5.75 Å². The summed E-state index contributed by atoms with van der Waals surface area (Å²) in [6.45, 7) is 1.29. The number of aromatic nitrogens is 2. The van der Waals surface area contributed by atoms with E-state index in [4.69, 9.17) is 4.74 Å². The lowest BCUT2D eigenvalue weighted by Gasteiger charge is -2.18. The van der Waals surface area contributed by atoms with Gasteiger partial charge in [-0.25, -0.2) is 18.1 Å². The molecule has 3 heterocycles. The lowest BCUT2D eigenvalue weighted by Crippen LogP contribution is -2.37. The molecule has 1 aromatic carbocycles. The zero-order chi connectivity index (χ0) is 22.9. The molecule has 0 aliphatic carbocycles. The molecule has 4 rings (SSSR count). The minimum absolute atomic E-state index is 0.248. The Hall–Kier alpha value is -3.22. The van der Waals surface area contributed by atoms with E-state index >= 15 is 0 Å². The number of thiophene rings is 2. The fraction of sp³-hybridized carbons (Fsp3) is 0.150. The molecule has 1 amide bonds. The molecule has 0 bridgehead atoms. The first-order valence-electron chi connectivity index (χ1n) is 9.29. The van der Waals surface area contributed by atoms with Gasteiger partial charge in [-0.3, -0.25) is 19.3 Å². The van der Waals surface area contributed by atoms with Crippen molar-refractivity contribution in [3.05, 3.63) is 69.4 Å². The van der Waals surface area contributed by atoms with E-state index in [2.05, 4.69) is 10.4 Å². The van der Waals surface area contributed by atoms with Crippen molar-refractivity contribution >= 4 is 54.5 Å². The number of aryl methyl sites for hydroxylation is 1. The third-order valence-electron chi connectivity index (χ3n) is 4.58. The molecule has 0 spiro atoms. The lowest BCUT2D eigenvalue weighted by atomic mass is 10.3. The Kier molecular flexibility index (Phi) is 6.00. The van der Waals surface area contributed by atoms with Crippen LogP contribution in [-0.4, -0.2) is 37.6 Å². The highest BCUT2D eigenvalue weighted by atomic mass is 32.2. The van der Waals surface area contributed by atoms with Crippen molar-refractivity contribution < 1.29 is 17.9 Å². The number of carbonyl (C=O) groups is 1. The van der Waals surface area contributed by atoms with E-state index in [0.717, 1.165) is 16.0 Å². The van der Waals surface area contributed by atoms with Crippen LogP contribution in [0.4, 0.5) is 5.69 Å². The summed E-state index contributed by atoms with van der Waals surface area (Å²) < 4.78 is 33.2. The van der Waals surface area contributed by atoms with Crippen molar-refractivity contribution in [2.75, 3.05) is 23.4 Å². The Morgan fingerprint density at radius 3 is 2.59 bits per heavy atom. The van der Waals surface area contributed by atoms with Crippen molar-refractivity contribution in [3.8, 4) is 5.75 Å². The van der Waals surface area contributed by atoms with Crippen LogP contribution < -0.4 is 20.0 Å². The summed E-state index contributed by atoms with van der Waals surface area (Å²) in [5, 5.41) is 3.90. The van der Waals surface area contributed by atoms with Crippen LogP contribution in [0.3, 0.4) is 0 Å². The second kappa shape index (κ2) is 8.73. The van der Waals surface area contributed by atoms with E-state index in [-0.39, 0.29) is 16.4 Å². The molecule has 0 aliphatic rings. The summed E-state index contributed by atoms with van der Waals surface area (Å²) in [7, 11) is -2.16. The summed E-state index contributed by atoms with van der Waals surface area (Å²) in [5.74, 6) is 0.201. The number of anilines is 1. The maximum atomic E-state index is 12.6. The number of sulfonamides is 1. The fourth-order valence-corrected chi connectivity index (χ4v) is 6.05. The molecule has 32 heavy (non-hydrogen) atoms. The number of hydrogen-bond acceptors (Lipinski definition) is 8.